The second-order valence-electron chi connectivity index (χ2n) is 3.71. The first kappa shape index (κ1) is 14.0. The summed E-state index contributed by atoms with van der Waals surface area (Å²) in [5.41, 5.74) is 0.729. The summed E-state index contributed by atoms with van der Waals surface area (Å²) in [7, 11) is 0. The lowest BCUT2D eigenvalue weighted by Gasteiger charge is -2.15. The molecule has 0 fully saturated rings. The van der Waals surface area contributed by atoms with Crippen molar-refractivity contribution in [2.24, 2.45) is 0 Å². The van der Waals surface area contributed by atoms with E-state index < -0.39 is 11.9 Å². The lowest BCUT2D eigenvalue weighted by molar-refractivity contribution is 0.214. The predicted octanol–water partition coefficient (Wildman–Crippen LogP) is 5.09. The van der Waals surface area contributed by atoms with Crippen molar-refractivity contribution in [1.29, 1.82) is 0 Å². The topological polar surface area (TPSA) is 20.2 Å². The molecule has 2 aromatic rings. The second kappa shape index (κ2) is 5.70. The summed E-state index contributed by atoms with van der Waals surface area (Å²) in [5, 5.41) is 10.7. The van der Waals surface area contributed by atoms with Gasteiger partial charge in [0.05, 0.1) is 4.47 Å². The van der Waals surface area contributed by atoms with Crippen molar-refractivity contribution < 1.29 is 9.50 Å². The van der Waals surface area contributed by atoms with Crippen LogP contribution in [0, 0.1) is 5.82 Å². The molecule has 1 N–H and O–H groups in total. The van der Waals surface area contributed by atoms with Gasteiger partial charge in [0.25, 0.3) is 0 Å². The predicted molar refractivity (Wildman–Crippen MR) is 77.3 cm³/mol. The molecule has 0 aliphatic carbocycles. The highest BCUT2D eigenvalue weighted by Crippen LogP contribution is 2.33. The fraction of sp³-hybridized carbons (Fsp3) is 0.0769. The van der Waals surface area contributed by atoms with Crippen LogP contribution in [0.4, 0.5) is 4.39 Å². The average molecular weight is 394 g/mol. The second-order valence-corrected chi connectivity index (χ2v) is 5.86. The third kappa shape index (κ3) is 2.77. The van der Waals surface area contributed by atoms with Crippen LogP contribution in [0.2, 0.25) is 5.02 Å². The third-order valence-corrected chi connectivity index (χ3v) is 4.10. The first-order chi connectivity index (χ1) is 8.50. The number of benzene rings is 2. The SMILES string of the molecule is OC(c1cc(Cl)ccc1Br)c1cccc(Br)c1F. The Bertz CT molecular complexity index is 587. The molecule has 0 spiro atoms. The van der Waals surface area contributed by atoms with E-state index >= 15 is 0 Å². The molecule has 1 atom stereocenters. The number of hydrogen-bond acceptors (Lipinski definition) is 1. The average Bonchev–Trinajstić information content (AvgIpc) is 2.35. The van der Waals surface area contributed by atoms with Crippen molar-refractivity contribution in [2.45, 2.75) is 6.10 Å². The maximum Gasteiger partial charge on any atom is 0.143 e. The molecule has 2 rings (SSSR count). The highest BCUT2D eigenvalue weighted by Gasteiger charge is 2.19. The lowest BCUT2D eigenvalue weighted by atomic mass is 10.0. The molecular formula is C13H8Br2ClFO. The van der Waals surface area contributed by atoms with E-state index in [1.165, 1.54) is 6.07 Å². The van der Waals surface area contributed by atoms with Gasteiger partial charge in [-0.05, 0) is 40.2 Å². The molecule has 5 heteroatoms. The van der Waals surface area contributed by atoms with Crippen LogP contribution in [0.3, 0.4) is 0 Å². The molecule has 0 heterocycles. The molecule has 1 unspecified atom stereocenters. The molecule has 94 valence electrons. The third-order valence-electron chi connectivity index (χ3n) is 2.53. The first-order valence-electron chi connectivity index (χ1n) is 5.07. The summed E-state index contributed by atoms with van der Waals surface area (Å²) in [6.07, 6.45) is -1.07. The Balaban J connectivity index is 2.51. The van der Waals surface area contributed by atoms with Gasteiger partial charge in [0.15, 0.2) is 0 Å². The van der Waals surface area contributed by atoms with Crippen LogP contribution in [0.1, 0.15) is 17.2 Å². The number of halogens is 4. The van der Waals surface area contributed by atoms with Gasteiger partial charge < -0.3 is 5.11 Å². The molecule has 0 aromatic heterocycles. The monoisotopic (exact) mass is 392 g/mol. The van der Waals surface area contributed by atoms with Crippen LogP contribution in [0.5, 0.6) is 0 Å². The zero-order chi connectivity index (χ0) is 13.3. The summed E-state index contributed by atoms with van der Waals surface area (Å²) < 4.78 is 14.9. The number of aliphatic hydroxyl groups excluding tert-OH is 1. The van der Waals surface area contributed by atoms with E-state index in [-0.39, 0.29) is 5.56 Å². The maximum atomic E-state index is 13.9. The van der Waals surface area contributed by atoms with Crippen LogP contribution in [-0.4, -0.2) is 5.11 Å². The zero-order valence-corrected chi connectivity index (χ0v) is 12.9. The van der Waals surface area contributed by atoms with E-state index in [0.29, 0.717) is 19.5 Å². The quantitative estimate of drug-likeness (QED) is 0.753. The van der Waals surface area contributed by atoms with Gasteiger partial charge in [0, 0.05) is 20.6 Å². The molecule has 2 aromatic carbocycles. The Morgan fingerprint density at radius 3 is 2.50 bits per heavy atom. The Kier molecular flexibility index (Phi) is 4.43. The molecule has 0 amide bonds. The van der Waals surface area contributed by atoms with Crippen LogP contribution in [0.15, 0.2) is 45.3 Å². The van der Waals surface area contributed by atoms with Crippen molar-refractivity contribution in [3.8, 4) is 0 Å². The summed E-state index contributed by atoms with van der Waals surface area (Å²) in [6, 6.07) is 9.81. The highest BCUT2D eigenvalue weighted by atomic mass is 79.9. The molecular weight excluding hydrogens is 386 g/mol. The Labute approximate surface area is 126 Å². The summed E-state index contributed by atoms with van der Waals surface area (Å²) in [6.45, 7) is 0. The van der Waals surface area contributed by atoms with Crippen LogP contribution < -0.4 is 0 Å². The first-order valence-corrected chi connectivity index (χ1v) is 7.04. The van der Waals surface area contributed by atoms with Crippen molar-refractivity contribution in [2.75, 3.05) is 0 Å². The van der Waals surface area contributed by atoms with Gasteiger partial charge >= 0.3 is 0 Å². The van der Waals surface area contributed by atoms with Crippen molar-refractivity contribution in [3.63, 3.8) is 0 Å². The van der Waals surface area contributed by atoms with E-state index in [1.54, 1.807) is 30.3 Å². The highest BCUT2D eigenvalue weighted by molar-refractivity contribution is 9.10. The molecule has 0 bridgehead atoms. The van der Waals surface area contributed by atoms with Crippen LogP contribution >= 0.6 is 43.5 Å². The van der Waals surface area contributed by atoms with Gasteiger partial charge in [0.1, 0.15) is 11.9 Å². The van der Waals surface area contributed by atoms with E-state index in [2.05, 4.69) is 31.9 Å². The Hall–Kier alpha value is -0.420. The van der Waals surface area contributed by atoms with Gasteiger partial charge in [-0.15, -0.1) is 0 Å². The number of aliphatic hydroxyl groups is 1. The van der Waals surface area contributed by atoms with Gasteiger partial charge in [-0.3, -0.25) is 0 Å². The van der Waals surface area contributed by atoms with Crippen molar-refractivity contribution in [3.05, 3.63) is 67.3 Å². The van der Waals surface area contributed by atoms with Gasteiger partial charge in [-0.1, -0.05) is 39.7 Å². The van der Waals surface area contributed by atoms with E-state index in [9.17, 15) is 9.50 Å². The van der Waals surface area contributed by atoms with Gasteiger partial charge in [0.2, 0.25) is 0 Å². The van der Waals surface area contributed by atoms with Crippen LogP contribution in [0.25, 0.3) is 0 Å². The number of rotatable bonds is 2. The summed E-state index contributed by atoms with van der Waals surface area (Å²) in [5.74, 6) is -0.475. The van der Waals surface area contributed by atoms with E-state index in [0.717, 1.165) is 0 Å². The van der Waals surface area contributed by atoms with Crippen molar-refractivity contribution in [1.82, 2.24) is 0 Å². The molecule has 0 radical (unpaired) electrons. The number of hydrogen-bond donors (Lipinski definition) is 1. The molecule has 1 nitrogen and oxygen atoms in total. The zero-order valence-electron chi connectivity index (χ0n) is 9.00. The van der Waals surface area contributed by atoms with Crippen molar-refractivity contribution >= 4 is 43.5 Å². The molecule has 0 aliphatic rings. The summed E-state index contributed by atoms with van der Waals surface area (Å²) in [4.78, 5) is 0. The smallest absolute Gasteiger partial charge is 0.143 e. The van der Waals surface area contributed by atoms with E-state index in [4.69, 9.17) is 11.6 Å². The lowest BCUT2D eigenvalue weighted by Crippen LogP contribution is -2.04. The van der Waals surface area contributed by atoms with E-state index in [1.807, 2.05) is 0 Å². The Morgan fingerprint density at radius 1 is 1.06 bits per heavy atom. The molecule has 0 saturated carbocycles. The van der Waals surface area contributed by atoms with Crippen LogP contribution in [-0.2, 0) is 0 Å². The minimum Gasteiger partial charge on any atom is -0.384 e. The van der Waals surface area contributed by atoms with Gasteiger partial charge in [-0.2, -0.15) is 0 Å². The minimum absolute atomic E-state index is 0.201. The summed E-state index contributed by atoms with van der Waals surface area (Å²) >= 11 is 12.3. The molecule has 0 saturated heterocycles. The molecule has 18 heavy (non-hydrogen) atoms. The fourth-order valence-corrected chi connectivity index (χ4v) is 2.65. The molecule has 0 aliphatic heterocycles. The minimum atomic E-state index is -1.07. The largest absolute Gasteiger partial charge is 0.384 e. The Morgan fingerprint density at radius 2 is 1.78 bits per heavy atom. The standard InChI is InChI=1S/C13H8Br2ClFO/c14-10-5-4-7(16)6-9(10)13(18)8-2-1-3-11(15)12(8)17/h1-6,13,18H. The maximum absolute atomic E-state index is 13.9. The normalized spacial score (nSPS) is 12.5. The van der Waals surface area contributed by atoms with Gasteiger partial charge in [-0.25, -0.2) is 4.39 Å². The fourth-order valence-electron chi connectivity index (χ4n) is 1.62.